The summed E-state index contributed by atoms with van der Waals surface area (Å²) < 4.78 is 6.49. The normalized spacial score (nSPS) is 29.9. The Morgan fingerprint density at radius 1 is 1.19 bits per heavy atom. The smallest absolute Gasteiger partial charge is 0.228 e. The Labute approximate surface area is 167 Å². The first-order valence-corrected chi connectivity index (χ1v) is 13.7. The number of carbonyl (C=O) groups is 1. The summed E-state index contributed by atoms with van der Waals surface area (Å²) in [6.07, 6.45) is 6.15. The van der Waals surface area contributed by atoms with E-state index in [0.717, 1.165) is 45.1 Å². The number of nitriles is 1. The van der Waals surface area contributed by atoms with E-state index in [1.54, 1.807) is 0 Å². The van der Waals surface area contributed by atoms with Crippen molar-refractivity contribution in [3.05, 3.63) is 0 Å². The first kappa shape index (κ1) is 22.4. The number of rotatable bonds is 4. The van der Waals surface area contributed by atoms with Gasteiger partial charge < -0.3 is 9.33 Å². The highest BCUT2D eigenvalue weighted by atomic mass is 28.4. The van der Waals surface area contributed by atoms with Crippen LogP contribution >= 0.6 is 0 Å². The maximum atomic E-state index is 13.2. The van der Waals surface area contributed by atoms with Crippen LogP contribution in [0.5, 0.6) is 0 Å². The predicted octanol–water partition coefficient (Wildman–Crippen LogP) is 5.36. The lowest BCUT2D eigenvalue weighted by Gasteiger charge is -2.38. The van der Waals surface area contributed by atoms with Crippen LogP contribution in [0.4, 0.5) is 0 Å². The van der Waals surface area contributed by atoms with Crippen molar-refractivity contribution in [3.8, 4) is 6.07 Å². The minimum absolute atomic E-state index is 0.191. The summed E-state index contributed by atoms with van der Waals surface area (Å²) >= 11 is 0. The van der Waals surface area contributed by atoms with Crippen LogP contribution in [-0.2, 0) is 9.22 Å². The van der Waals surface area contributed by atoms with E-state index in [1.807, 2.05) is 0 Å². The molecule has 0 aromatic rings. The molecule has 1 saturated heterocycles. The summed E-state index contributed by atoms with van der Waals surface area (Å²) in [7, 11) is -1.81. The molecule has 1 heterocycles. The van der Waals surface area contributed by atoms with Crippen LogP contribution < -0.4 is 0 Å². The Balaban J connectivity index is 2.03. The van der Waals surface area contributed by atoms with E-state index in [-0.39, 0.29) is 22.3 Å². The van der Waals surface area contributed by atoms with Gasteiger partial charge in [0.15, 0.2) is 8.32 Å². The van der Waals surface area contributed by atoms with E-state index in [2.05, 4.69) is 58.7 Å². The Morgan fingerprint density at radius 3 is 2.22 bits per heavy atom. The first-order chi connectivity index (χ1) is 12.4. The summed E-state index contributed by atoms with van der Waals surface area (Å²) in [6, 6.07) is 2.78. The fourth-order valence-electron chi connectivity index (χ4n) is 4.12. The highest BCUT2D eigenvalue weighted by Gasteiger charge is 2.50. The van der Waals surface area contributed by atoms with E-state index in [4.69, 9.17) is 4.43 Å². The highest BCUT2D eigenvalue weighted by Crippen LogP contribution is 2.42. The average Bonchev–Trinajstić information content (AvgIpc) is 2.75. The topological polar surface area (TPSA) is 53.3 Å². The molecule has 2 aliphatic rings. The van der Waals surface area contributed by atoms with Gasteiger partial charge in [0.1, 0.15) is 0 Å². The number of hydrogen-bond donors (Lipinski definition) is 0. The molecule has 0 aromatic heterocycles. The van der Waals surface area contributed by atoms with Gasteiger partial charge in [-0.25, -0.2) is 0 Å². The van der Waals surface area contributed by atoms with E-state index in [1.165, 1.54) is 0 Å². The molecule has 1 amide bonds. The third kappa shape index (κ3) is 4.95. The Morgan fingerprint density at radius 2 is 1.74 bits per heavy atom. The summed E-state index contributed by atoms with van der Waals surface area (Å²) in [5, 5.41) is 9.38. The molecule has 27 heavy (non-hydrogen) atoms. The monoisotopic (exact) mass is 392 g/mol. The van der Waals surface area contributed by atoms with Gasteiger partial charge in [-0.2, -0.15) is 5.26 Å². The largest absolute Gasteiger partial charge is 0.416 e. The highest BCUT2D eigenvalue weighted by molar-refractivity contribution is 6.74. The van der Waals surface area contributed by atoms with Crippen LogP contribution in [0.1, 0.15) is 73.1 Å². The molecule has 0 N–H and O–H groups in total. The number of hydrogen-bond acceptors (Lipinski definition) is 3. The second-order valence-electron chi connectivity index (χ2n) is 10.8. The van der Waals surface area contributed by atoms with Gasteiger partial charge in [-0.3, -0.25) is 4.79 Å². The molecule has 1 saturated carbocycles. The minimum atomic E-state index is -1.81. The van der Waals surface area contributed by atoms with Crippen molar-refractivity contribution < 1.29 is 9.22 Å². The lowest BCUT2D eigenvalue weighted by atomic mass is 9.82. The maximum Gasteiger partial charge on any atom is 0.228 e. The minimum Gasteiger partial charge on any atom is -0.416 e. The van der Waals surface area contributed by atoms with Crippen LogP contribution in [0.2, 0.25) is 18.1 Å². The second-order valence-corrected chi connectivity index (χ2v) is 15.6. The van der Waals surface area contributed by atoms with Crippen molar-refractivity contribution in [2.75, 3.05) is 13.2 Å². The molecular formula is C22H40N2O2Si. The molecule has 4 nitrogen and oxygen atoms in total. The number of nitrogens with zero attached hydrogens (tertiary/aromatic N) is 2. The molecule has 0 spiro atoms. The Kier molecular flexibility index (Phi) is 6.85. The van der Waals surface area contributed by atoms with E-state index in [9.17, 15) is 10.1 Å². The van der Waals surface area contributed by atoms with Crippen LogP contribution in [0, 0.1) is 28.6 Å². The van der Waals surface area contributed by atoms with Crippen LogP contribution in [0.3, 0.4) is 0 Å². The quantitative estimate of drug-likeness (QED) is 0.606. The molecule has 1 atom stereocenters. The van der Waals surface area contributed by atoms with Gasteiger partial charge in [-0.15, -0.1) is 0 Å². The van der Waals surface area contributed by atoms with Gasteiger partial charge in [0.2, 0.25) is 5.91 Å². The molecule has 5 heteroatoms. The molecule has 2 fully saturated rings. The molecule has 0 radical (unpaired) electrons. The van der Waals surface area contributed by atoms with Crippen molar-refractivity contribution in [2.45, 2.75) is 97.3 Å². The van der Waals surface area contributed by atoms with Gasteiger partial charge in [0.05, 0.1) is 11.5 Å². The molecule has 1 unspecified atom stereocenters. The molecule has 154 valence electrons. The van der Waals surface area contributed by atoms with E-state index in [0.29, 0.717) is 18.6 Å². The fraction of sp³-hybridized carbons (Fsp3) is 0.909. The third-order valence-electron chi connectivity index (χ3n) is 7.50. The summed E-state index contributed by atoms with van der Waals surface area (Å²) in [5.41, 5.74) is -0.347. The summed E-state index contributed by atoms with van der Waals surface area (Å²) in [5.74, 6) is 0.771. The number of likely N-dealkylation sites (tertiary alicyclic amines) is 1. The standard InChI is InChI=1S/C22H40N2O2Si/c1-21(2,3)27(6,7)26-16-18-15-24(20(25)22(18,4)5)19-12-8-10-17(14-23)11-9-13-19/h17-19H,8-13,15-16H2,1-7H3. The van der Waals surface area contributed by atoms with Crippen molar-refractivity contribution in [1.82, 2.24) is 4.90 Å². The fourth-order valence-corrected chi connectivity index (χ4v) is 5.17. The summed E-state index contributed by atoms with van der Waals surface area (Å²) in [6.45, 7) is 17.1. The molecular weight excluding hydrogens is 352 g/mol. The third-order valence-corrected chi connectivity index (χ3v) is 12.0. The van der Waals surface area contributed by atoms with Crippen LogP contribution in [-0.4, -0.2) is 38.3 Å². The van der Waals surface area contributed by atoms with Crippen LogP contribution in [0.15, 0.2) is 0 Å². The zero-order valence-electron chi connectivity index (χ0n) is 18.6. The van der Waals surface area contributed by atoms with Crippen molar-refractivity contribution in [2.24, 2.45) is 17.3 Å². The van der Waals surface area contributed by atoms with Crippen molar-refractivity contribution in [1.29, 1.82) is 5.26 Å². The van der Waals surface area contributed by atoms with E-state index >= 15 is 0 Å². The molecule has 1 aliphatic heterocycles. The Bertz CT molecular complexity index is 564. The van der Waals surface area contributed by atoms with Gasteiger partial charge in [-0.1, -0.05) is 47.5 Å². The van der Waals surface area contributed by atoms with Crippen molar-refractivity contribution in [3.63, 3.8) is 0 Å². The van der Waals surface area contributed by atoms with Gasteiger partial charge in [0.25, 0.3) is 0 Å². The number of amides is 1. The maximum absolute atomic E-state index is 13.2. The van der Waals surface area contributed by atoms with Gasteiger partial charge in [-0.05, 0) is 43.8 Å². The van der Waals surface area contributed by atoms with E-state index < -0.39 is 8.32 Å². The molecule has 0 bridgehead atoms. The lowest BCUT2D eigenvalue weighted by molar-refractivity contribution is -0.137. The van der Waals surface area contributed by atoms with Gasteiger partial charge in [0, 0.05) is 31.0 Å². The zero-order valence-corrected chi connectivity index (χ0v) is 19.6. The lowest BCUT2D eigenvalue weighted by Crippen LogP contribution is -2.43. The first-order valence-electron chi connectivity index (χ1n) is 10.7. The van der Waals surface area contributed by atoms with Gasteiger partial charge >= 0.3 is 0 Å². The second kappa shape index (κ2) is 8.25. The molecule has 2 rings (SSSR count). The predicted molar refractivity (Wildman–Crippen MR) is 113 cm³/mol. The molecule has 0 aromatic carbocycles. The Hall–Kier alpha value is -0.863. The number of carbonyl (C=O) groups excluding carboxylic acids is 1. The summed E-state index contributed by atoms with van der Waals surface area (Å²) in [4.78, 5) is 15.4. The zero-order chi connectivity index (χ0) is 20.5. The average molecular weight is 393 g/mol. The van der Waals surface area contributed by atoms with Crippen LogP contribution in [0.25, 0.3) is 0 Å². The van der Waals surface area contributed by atoms with Crippen molar-refractivity contribution >= 4 is 14.2 Å². The molecule has 1 aliphatic carbocycles. The SMILES string of the molecule is CC1(C)C(=O)N(C2CCCC(C#N)CCC2)CC1CO[Si](C)(C)C(C)(C)C.